The maximum atomic E-state index is 9.71. The molecule has 0 amide bonds. The van der Waals surface area contributed by atoms with E-state index in [1.807, 2.05) is 13.8 Å². The van der Waals surface area contributed by atoms with Crippen LogP contribution in [0.25, 0.3) is 0 Å². The van der Waals surface area contributed by atoms with E-state index >= 15 is 0 Å². The average Bonchev–Trinajstić information content (AvgIpc) is 2.53. The number of ether oxygens (including phenoxy) is 1. The third kappa shape index (κ3) is 4.40. The van der Waals surface area contributed by atoms with Gasteiger partial charge >= 0.3 is 0 Å². The molecular weight excluding hydrogens is 178 g/mol. The summed E-state index contributed by atoms with van der Waals surface area (Å²) in [6.07, 6.45) is 2.74. The van der Waals surface area contributed by atoms with Crippen LogP contribution in [0.2, 0.25) is 0 Å². The zero-order valence-corrected chi connectivity index (χ0v) is 9.62. The molecular formula is C11H23NO2. The van der Waals surface area contributed by atoms with Crippen LogP contribution in [0.1, 0.15) is 33.6 Å². The molecule has 1 unspecified atom stereocenters. The lowest BCUT2D eigenvalue weighted by atomic mass is 10.1. The second-order valence-electron chi connectivity index (χ2n) is 4.78. The van der Waals surface area contributed by atoms with Crippen LogP contribution in [0.4, 0.5) is 0 Å². The van der Waals surface area contributed by atoms with Gasteiger partial charge in [0.05, 0.1) is 11.7 Å². The molecule has 0 aromatic carbocycles. The Bertz CT molecular complexity index is 159. The van der Waals surface area contributed by atoms with Crippen LogP contribution in [0.3, 0.4) is 0 Å². The minimum Gasteiger partial charge on any atom is -0.389 e. The Balaban J connectivity index is 2.30. The molecule has 1 heterocycles. The highest BCUT2D eigenvalue weighted by molar-refractivity contribution is 4.75. The summed E-state index contributed by atoms with van der Waals surface area (Å²) in [5, 5.41) is 9.71. The molecule has 1 aliphatic rings. The van der Waals surface area contributed by atoms with Crippen LogP contribution >= 0.6 is 0 Å². The van der Waals surface area contributed by atoms with Crippen molar-refractivity contribution in [2.24, 2.45) is 0 Å². The van der Waals surface area contributed by atoms with Gasteiger partial charge in [0.15, 0.2) is 0 Å². The van der Waals surface area contributed by atoms with Crippen molar-refractivity contribution in [3.05, 3.63) is 0 Å². The van der Waals surface area contributed by atoms with Crippen LogP contribution in [-0.4, -0.2) is 48.0 Å². The minimum atomic E-state index is -0.603. The normalized spacial score (nSPS) is 23.4. The lowest BCUT2D eigenvalue weighted by Crippen LogP contribution is -2.42. The highest BCUT2D eigenvalue weighted by Gasteiger charge is 2.22. The minimum absolute atomic E-state index is 0.386. The van der Waals surface area contributed by atoms with Gasteiger partial charge in [-0.15, -0.1) is 0 Å². The van der Waals surface area contributed by atoms with Gasteiger partial charge in [0, 0.05) is 19.7 Å². The van der Waals surface area contributed by atoms with Crippen molar-refractivity contribution >= 4 is 0 Å². The van der Waals surface area contributed by atoms with E-state index in [2.05, 4.69) is 11.8 Å². The quantitative estimate of drug-likeness (QED) is 0.727. The van der Waals surface area contributed by atoms with Crippen molar-refractivity contribution in [1.82, 2.24) is 4.90 Å². The van der Waals surface area contributed by atoms with Crippen LogP contribution in [-0.2, 0) is 4.74 Å². The summed E-state index contributed by atoms with van der Waals surface area (Å²) in [7, 11) is 0. The molecule has 1 N–H and O–H groups in total. The van der Waals surface area contributed by atoms with Crippen molar-refractivity contribution in [1.29, 1.82) is 0 Å². The molecule has 0 aromatic rings. The molecule has 0 spiro atoms. The summed E-state index contributed by atoms with van der Waals surface area (Å²) in [6, 6.07) is 0. The summed E-state index contributed by atoms with van der Waals surface area (Å²) in [4.78, 5) is 2.26. The van der Waals surface area contributed by atoms with Gasteiger partial charge in [0.1, 0.15) is 0 Å². The first-order chi connectivity index (χ1) is 6.51. The van der Waals surface area contributed by atoms with Gasteiger partial charge in [-0.25, -0.2) is 0 Å². The predicted molar refractivity (Wildman–Crippen MR) is 57.4 cm³/mol. The summed E-state index contributed by atoms with van der Waals surface area (Å²) in [5.74, 6) is 0. The van der Waals surface area contributed by atoms with Gasteiger partial charge in [-0.3, -0.25) is 4.90 Å². The first-order valence-corrected chi connectivity index (χ1v) is 5.57. The standard InChI is InChI=1S/C11H23NO2/c1-4-12(9-11(2,3)13)8-10-6-5-7-14-10/h10,13H,4-9H2,1-3H3. The fourth-order valence-corrected chi connectivity index (χ4v) is 1.93. The van der Waals surface area contributed by atoms with Gasteiger partial charge < -0.3 is 9.84 Å². The molecule has 0 saturated carbocycles. The molecule has 0 aliphatic carbocycles. The molecule has 0 aromatic heterocycles. The van der Waals surface area contributed by atoms with Gasteiger partial charge in [-0.2, -0.15) is 0 Å². The first kappa shape index (κ1) is 12.0. The molecule has 3 heteroatoms. The fourth-order valence-electron chi connectivity index (χ4n) is 1.93. The van der Waals surface area contributed by atoms with Crippen molar-refractivity contribution in [3.63, 3.8) is 0 Å². The van der Waals surface area contributed by atoms with Crippen LogP contribution in [0.15, 0.2) is 0 Å². The fraction of sp³-hybridized carbons (Fsp3) is 1.00. The van der Waals surface area contributed by atoms with Gasteiger partial charge in [-0.05, 0) is 33.2 Å². The largest absolute Gasteiger partial charge is 0.389 e. The number of nitrogens with zero attached hydrogens (tertiary/aromatic N) is 1. The van der Waals surface area contributed by atoms with E-state index in [1.54, 1.807) is 0 Å². The molecule has 1 rings (SSSR count). The molecule has 0 bridgehead atoms. The van der Waals surface area contributed by atoms with E-state index in [-0.39, 0.29) is 0 Å². The third-order valence-corrected chi connectivity index (χ3v) is 2.54. The summed E-state index contributed by atoms with van der Waals surface area (Å²) in [5.41, 5.74) is -0.603. The van der Waals surface area contributed by atoms with E-state index < -0.39 is 5.60 Å². The molecule has 1 atom stereocenters. The summed E-state index contributed by atoms with van der Waals surface area (Å²) < 4.78 is 5.58. The number of likely N-dealkylation sites (N-methyl/N-ethyl adjacent to an activating group) is 1. The van der Waals surface area contributed by atoms with Crippen molar-refractivity contribution in [2.45, 2.75) is 45.3 Å². The van der Waals surface area contributed by atoms with Crippen LogP contribution in [0.5, 0.6) is 0 Å². The molecule has 1 aliphatic heterocycles. The number of hydrogen-bond donors (Lipinski definition) is 1. The van der Waals surface area contributed by atoms with Crippen molar-refractivity contribution in [2.75, 3.05) is 26.2 Å². The average molecular weight is 201 g/mol. The van der Waals surface area contributed by atoms with Crippen LogP contribution < -0.4 is 0 Å². The van der Waals surface area contributed by atoms with E-state index in [4.69, 9.17) is 4.74 Å². The van der Waals surface area contributed by atoms with Crippen LogP contribution in [0, 0.1) is 0 Å². The second kappa shape index (κ2) is 5.10. The number of hydrogen-bond acceptors (Lipinski definition) is 3. The molecule has 14 heavy (non-hydrogen) atoms. The van der Waals surface area contributed by atoms with Gasteiger partial charge in [0.2, 0.25) is 0 Å². The number of aliphatic hydroxyl groups is 1. The van der Waals surface area contributed by atoms with Crippen molar-refractivity contribution in [3.8, 4) is 0 Å². The Labute approximate surface area is 87.1 Å². The molecule has 3 nitrogen and oxygen atoms in total. The summed E-state index contributed by atoms with van der Waals surface area (Å²) in [6.45, 7) is 9.40. The number of rotatable bonds is 5. The topological polar surface area (TPSA) is 32.7 Å². The lowest BCUT2D eigenvalue weighted by molar-refractivity contribution is 0.0139. The maximum absolute atomic E-state index is 9.71. The molecule has 0 radical (unpaired) electrons. The third-order valence-electron chi connectivity index (χ3n) is 2.54. The SMILES string of the molecule is CCN(CC1CCCO1)CC(C)(C)O. The Hall–Kier alpha value is -0.120. The zero-order chi connectivity index (χ0) is 10.6. The Kier molecular flexibility index (Phi) is 4.35. The Morgan fingerprint density at radius 3 is 2.64 bits per heavy atom. The highest BCUT2D eigenvalue weighted by atomic mass is 16.5. The van der Waals surface area contributed by atoms with E-state index in [0.717, 1.165) is 26.2 Å². The van der Waals surface area contributed by atoms with E-state index in [1.165, 1.54) is 12.8 Å². The summed E-state index contributed by atoms with van der Waals surface area (Å²) >= 11 is 0. The molecule has 1 fully saturated rings. The predicted octanol–water partition coefficient (Wildman–Crippen LogP) is 1.26. The molecule has 1 saturated heterocycles. The Morgan fingerprint density at radius 1 is 1.50 bits per heavy atom. The highest BCUT2D eigenvalue weighted by Crippen LogP contribution is 2.14. The lowest BCUT2D eigenvalue weighted by Gasteiger charge is -2.29. The van der Waals surface area contributed by atoms with E-state index in [0.29, 0.717) is 6.10 Å². The molecule has 84 valence electrons. The first-order valence-electron chi connectivity index (χ1n) is 5.57. The van der Waals surface area contributed by atoms with Crippen molar-refractivity contribution < 1.29 is 9.84 Å². The smallest absolute Gasteiger partial charge is 0.0718 e. The van der Waals surface area contributed by atoms with Gasteiger partial charge in [-0.1, -0.05) is 6.92 Å². The van der Waals surface area contributed by atoms with E-state index in [9.17, 15) is 5.11 Å². The Morgan fingerprint density at radius 2 is 2.21 bits per heavy atom. The zero-order valence-electron chi connectivity index (χ0n) is 9.62. The maximum Gasteiger partial charge on any atom is 0.0718 e. The second-order valence-corrected chi connectivity index (χ2v) is 4.78. The van der Waals surface area contributed by atoms with Gasteiger partial charge in [0.25, 0.3) is 0 Å². The monoisotopic (exact) mass is 201 g/mol.